The molecular weight excluding hydrogens is 359 g/mol. The first-order valence-corrected chi connectivity index (χ1v) is 10.4. The maximum atomic E-state index is 4.19. The number of hydrogen-bond donors (Lipinski definition) is 0. The molecule has 23 heavy (non-hydrogen) atoms. The molecule has 0 saturated heterocycles. The quantitative estimate of drug-likeness (QED) is 0.342. The molecule has 2 unspecified atom stereocenters. The Hall–Kier alpha value is 0.540. The Morgan fingerprint density at radius 1 is 1.04 bits per heavy atom. The summed E-state index contributed by atoms with van der Waals surface area (Å²) in [5.41, 5.74) is 0.231. The fourth-order valence-electron chi connectivity index (χ4n) is 2.68. The third-order valence-electron chi connectivity index (χ3n) is 4.83. The maximum absolute atomic E-state index is 4.19. The summed E-state index contributed by atoms with van der Waals surface area (Å²) in [6.45, 7) is 11.1. The van der Waals surface area contributed by atoms with E-state index in [1.165, 1.54) is 57.8 Å². The SMILES string of the molecule is CCC(C)(C)[N]=[Nb].CCC1C[CH-]CC(C)C1.[CH-]1CCCCC1.[CH3-]. The van der Waals surface area contributed by atoms with Gasteiger partial charge in [0.2, 0.25) is 0 Å². The predicted octanol–water partition coefficient (Wildman–Crippen LogP) is 7.55. The molecule has 0 amide bonds. The fraction of sp³-hybridized carbons (Fsp3) is 0.857. The molecule has 0 bridgehead atoms. The van der Waals surface area contributed by atoms with E-state index in [2.05, 4.69) is 50.8 Å². The van der Waals surface area contributed by atoms with Gasteiger partial charge in [-0.3, -0.25) is 0 Å². The Morgan fingerprint density at radius 2 is 1.65 bits per heavy atom. The van der Waals surface area contributed by atoms with Crippen molar-refractivity contribution in [2.75, 3.05) is 0 Å². The fourth-order valence-corrected chi connectivity index (χ4v) is 3.03. The molecule has 2 heteroatoms. The molecular formula is C21H42NNb-3. The van der Waals surface area contributed by atoms with E-state index >= 15 is 0 Å². The molecule has 2 aliphatic rings. The molecule has 0 aliphatic heterocycles. The molecule has 139 valence electrons. The molecule has 0 aromatic rings. The monoisotopic (exact) mass is 401 g/mol. The molecule has 2 fully saturated rings. The summed E-state index contributed by atoms with van der Waals surface area (Å²) in [5, 5.41) is 0. The first kappa shape index (κ1) is 25.8. The van der Waals surface area contributed by atoms with Crippen LogP contribution in [-0.2, 0) is 20.9 Å². The molecule has 2 rings (SSSR count). The average molecular weight is 401 g/mol. The van der Waals surface area contributed by atoms with E-state index in [1.807, 2.05) is 0 Å². The summed E-state index contributed by atoms with van der Waals surface area (Å²) in [7, 11) is 0. The first-order chi connectivity index (χ1) is 10.4. The van der Waals surface area contributed by atoms with E-state index < -0.39 is 0 Å². The van der Waals surface area contributed by atoms with Crippen molar-refractivity contribution < 1.29 is 20.9 Å². The molecule has 2 aliphatic carbocycles. The molecule has 2 saturated carbocycles. The van der Waals surface area contributed by atoms with Crippen molar-refractivity contribution in [2.24, 2.45) is 15.2 Å². The van der Waals surface area contributed by atoms with Crippen LogP contribution in [0.15, 0.2) is 3.34 Å². The van der Waals surface area contributed by atoms with Gasteiger partial charge < -0.3 is 20.3 Å². The van der Waals surface area contributed by atoms with Gasteiger partial charge in [-0.05, 0) is 0 Å². The third-order valence-corrected chi connectivity index (χ3v) is 6.17. The van der Waals surface area contributed by atoms with Crippen LogP contribution in [0.4, 0.5) is 0 Å². The second-order valence-corrected chi connectivity index (χ2v) is 8.06. The smallest absolute Gasteiger partial charge is 0.0527 e. The van der Waals surface area contributed by atoms with Crippen LogP contribution >= 0.6 is 0 Å². The third kappa shape index (κ3) is 15.8. The Bertz CT molecular complexity index is 247. The van der Waals surface area contributed by atoms with Crippen LogP contribution in [0, 0.1) is 32.1 Å². The van der Waals surface area contributed by atoms with Crippen molar-refractivity contribution in [1.29, 1.82) is 0 Å². The molecule has 0 aromatic heterocycles. The molecule has 0 heterocycles. The predicted molar refractivity (Wildman–Crippen MR) is 102 cm³/mol. The summed E-state index contributed by atoms with van der Waals surface area (Å²) >= 11 is 1.55. The normalized spacial score (nSPS) is 24.0. The van der Waals surface area contributed by atoms with Crippen molar-refractivity contribution in [2.45, 2.75) is 104 Å². The van der Waals surface area contributed by atoms with Crippen LogP contribution in [0.2, 0.25) is 0 Å². The van der Waals surface area contributed by atoms with E-state index in [9.17, 15) is 0 Å². The van der Waals surface area contributed by atoms with Gasteiger partial charge in [0.1, 0.15) is 0 Å². The van der Waals surface area contributed by atoms with Crippen LogP contribution in [0.3, 0.4) is 0 Å². The van der Waals surface area contributed by atoms with Crippen LogP contribution in [0.1, 0.15) is 98.8 Å². The summed E-state index contributed by atoms with van der Waals surface area (Å²) in [6.07, 6.45) is 18.7. The standard InChI is InChI=1S/C9H17.C6H11.C5H11N.CH3.Nb/c1-3-9-6-4-5-8(2)7-9;1-2-4-6-5-3-1;1-4-5(2,3)6;;/h4,8-9H,3,5-7H2,1-2H3;1H,2-6H2;4H2,1-3H3;1H3;/q2*-1;;-1;. The van der Waals surface area contributed by atoms with Gasteiger partial charge >= 0.3 is 57.0 Å². The van der Waals surface area contributed by atoms with Crippen molar-refractivity contribution in [3.8, 4) is 0 Å². The largest absolute Gasteiger partial charge is 0.358 e. The van der Waals surface area contributed by atoms with E-state index in [-0.39, 0.29) is 13.0 Å². The van der Waals surface area contributed by atoms with Gasteiger partial charge in [0.05, 0.1) is 0 Å². The van der Waals surface area contributed by atoms with Gasteiger partial charge in [0.15, 0.2) is 0 Å². The Balaban J connectivity index is 0. The molecule has 0 N–H and O–H groups in total. The summed E-state index contributed by atoms with van der Waals surface area (Å²) in [4.78, 5) is 0. The van der Waals surface area contributed by atoms with Crippen molar-refractivity contribution in [3.05, 3.63) is 20.3 Å². The molecule has 2 atom stereocenters. The van der Waals surface area contributed by atoms with Gasteiger partial charge in [-0.1, -0.05) is 57.8 Å². The van der Waals surface area contributed by atoms with Crippen LogP contribution in [0.5, 0.6) is 0 Å². The minimum atomic E-state index is 0. The van der Waals surface area contributed by atoms with Crippen LogP contribution in [0.25, 0.3) is 0 Å². The Morgan fingerprint density at radius 3 is 1.87 bits per heavy atom. The number of hydrogen-bond acceptors (Lipinski definition) is 1. The van der Waals surface area contributed by atoms with E-state index in [1.54, 1.807) is 20.9 Å². The zero-order chi connectivity index (χ0) is 16.8. The Labute approximate surface area is 160 Å². The second kappa shape index (κ2) is 16.0. The van der Waals surface area contributed by atoms with E-state index in [0.29, 0.717) is 0 Å². The minimum Gasteiger partial charge on any atom is -0.358 e. The van der Waals surface area contributed by atoms with Crippen LogP contribution < -0.4 is 0 Å². The van der Waals surface area contributed by atoms with Gasteiger partial charge in [-0.2, -0.15) is 25.7 Å². The summed E-state index contributed by atoms with van der Waals surface area (Å²) < 4.78 is 4.19. The molecule has 0 aromatic carbocycles. The number of rotatable bonds is 3. The van der Waals surface area contributed by atoms with Crippen molar-refractivity contribution in [3.63, 3.8) is 0 Å². The van der Waals surface area contributed by atoms with Gasteiger partial charge in [0, 0.05) is 0 Å². The van der Waals surface area contributed by atoms with E-state index in [4.69, 9.17) is 0 Å². The van der Waals surface area contributed by atoms with Crippen LogP contribution in [-0.4, -0.2) is 5.54 Å². The van der Waals surface area contributed by atoms with Gasteiger partial charge in [0.25, 0.3) is 0 Å². The van der Waals surface area contributed by atoms with E-state index in [0.717, 1.165) is 18.3 Å². The van der Waals surface area contributed by atoms with Gasteiger partial charge in [-0.15, -0.1) is 0 Å². The maximum Gasteiger partial charge on any atom is -0.0527 e. The zero-order valence-corrected chi connectivity index (χ0v) is 19.0. The Kier molecular flexibility index (Phi) is 18.0. The second-order valence-electron chi connectivity index (χ2n) is 7.57. The minimum absolute atomic E-state index is 0. The topological polar surface area (TPSA) is 12.4 Å². The number of nitrogens with zero attached hydrogens (tertiary/aromatic N) is 1. The molecule has 0 radical (unpaired) electrons. The zero-order valence-electron chi connectivity index (χ0n) is 16.8. The first-order valence-electron chi connectivity index (χ1n) is 9.44. The van der Waals surface area contributed by atoms with Gasteiger partial charge in [-0.25, -0.2) is 0 Å². The van der Waals surface area contributed by atoms with Crippen molar-refractivity contribution in [1.82, 2.24) is 0 Å². The average Bonchev–Trinajstić information content (AvgIpc) is 2.57. The molecule has 0 spiro atoms. The molecule has 1 nitrogen and oxygen atoms in total. The summed E-state index contributed by atoms with van der Waals surface area (Å²) in [6, 6.07) is 0. The summed E-state index contributed by atoms with van der Waals surface area (Å²) in [5.74, 6) is 1.97. The van der Waals surface area contributed by atoms with Crippen molar-refractivity contribution >= 4 is 0 Å².